The summed E-state index contributed by atoms with van der Waals surface area (Å²) in [4.78, 5) is 0. The Morgan fingerprint density at radius 2 is 1.25 bits per heavy atom. The Morgan fingerprint density at radius 3 is 1.71 bits per heavy atom. The highest BCUT2D eigenvalue weighted by molar-refractivity contribution is 5.30. The van der Waals surface area contributed by atoms with Gasteiger partial charge in [-0.2, -0.15) is 17.6 Å². The van der Waals surface area contributed by atoms with Crippen LogP contribution < -0.4 is 0 Å². The number of halogens is 4. The quantitative estimate of drug-likeness (QED) is 0.522. The lowest BCUT2D eigenvalue weighted by Gasteiger charge is -2.28. The third-order valence-electron chi connectivity index (χ3n) is 5.96. The van der Waals surface area contributed by atoms with Crippen molar-refractivity contribution in [1.29, 1.82) is 0 Å². The fraction of sp³-hybridized carbons (Fsp3) is 0.700. The number of rotatable bonds is 4. The molecule has 0 heterocycles. The van der Waals surface area contributed by atoms with Crippen molar-refractivity contribution >= 4 is 0 Å². The Balaban J connectivity index is 1.63. The SMILES string of the molecule is CCCC1CCC(c2ccc(C3CC(F)(F)C(F)(F)C3)cc2)CC1. The Morgan fingerprint density at radius 1 is 0.792 bits per heavy atom. The summed E-state index contributed by atoms with van der Waals surface area (Å²) < 4.78 is 53.5. The van der Waals surface area contributed by atoms with Crippen molar-refractivity contribution in [2.45, 2.75) is 82.0 Å². The molecule has 0 bridgehead atoms. The summed E-state index contributed by atoms with van der Waals surface area (Å²) >= 11 is 0. The van der Waals surface area contributed by atoms with Gasteiger partial charge in [-0.1, -0.05) is 44.0 Å². The predicted molar refractivity (Wildman–Crippen MR) is 87.9 cm³/mol. The second-order valence-corrected chi connectivity index (χ2v) is 7.69. The van der Waals surface area contributed by atoms with E-state index in [1.165, 1.54) is 44.1 Å². The molecule has 0 spiro atoms. The van der Waals surface area contributed by atoms with Crippen LogP contribution in [0.1, 0.15) is 81.3 Å². The smallest absolute Gasteiger partial charge is 0.200 e. The highest BCUT2D eigenvalue weighted by Gasteiger charge is 2.63. The van der Waals surface area contributed by atoms with Crippen LogP contribution in [-0.4, -0.2) is 11.8 Å². The Labute approximate surface area is 141 Å². The molecule has 24 heavy (non-hydrogen) atoms. The fourth-order valence-corrected chi connectivity index (χ4v) is 4.46. The molecule has 2 aliphatic rings. The molecule has 2 aliphatic carbocycles. The molecule has 0 unspecified atom stereocenters. The first-order valence-electron chi connectivity index (χ1n) is 9.18. The molecule has 0 N–H and O–H groups in total. The van der Waals surface area contributed by atoms with Gasteiger partial charge in [0.1, 0.15) is 0 Å². The molecular formula is C20H26F4. The standard InChI is InChI=1S/C20H26F4/c1-2-3-14-4-6-15(7-5-14)16-8-10-17(11-9-16)18-12-19(21,22)20(23,24)13-18/h8-11,14-15,18H,2-7,12-13H2,1H3. The highest BCUT2D eigenvalue weighted by atomic mass is 19.3. The van der Waals surface area contributed by atoms with Gasteiger partial charge >= 0.3 is 11.8 Å². The van der Waals surface area contributed by atoms with Crippen LogP contribution in [0.25, 0.3) is 0 Å². The monoisotopic (exact) mass is 342 g/mol. The first-order valence-corrected chi connectivity index (χ1v) is 9.18. The van der Waals surface area contributed by atoms with Crippen LogP contribution in [-0.2, 0) is 0 Å². The summed E-state index contributed by atoms with van der Waals surface area (Å²) in [7, 11) is 0. The molecule has 0 atom stereocenters. The van der Waals surface area contributed by atoms with E-state index < -0.39 is 30.6 Å². The molecule has 0 amide bonds. The van der Waals surface area contributed by atoms with Gasteiger partial charge in [-0.3, -0.25) is 0 Å². The van der Waals surface area contributed by atoms with Gasteiger partial charge in [0.2, 0.25) is 0 Å². The molecule has 1 aromatic rings. The van der Waals surface area contributed by atoms with E-state index in [0.717, 1.165) is 5.92 Å². The number of benzene rings is 1. The van der Waals surface area contributed by atoms with E-state index in [2.05, 4.69) is 6.92 Å². The van der Waals surface area contributed by atoms with Crippen molar-refractivity contribution in [2.75, 3.05) is 0 Å². The van der Waals surface area contributed by atoms with Gasteiger partial charge in [0.05, 0.1) is 0 Å². The average molecular weight is 342 g/mol. The van der Waals surface area contributed by atoms with Gasteiger partial charge in [0.15, 0.2) is 0 Å². The zero-order chi connectivity index (χ0) is 17.4. The molecule has 0 nitrogen and oxygen atoms in total. The molecule has 0 aliphatic heterocycles. The molecule has 0 saturated heterocycles. The molecule has 3 rings (SSSR count). The molecule has 4 heteroatoms. The third kappa shape index (κ3) is 3.48. The van der Waals surface area contributed by atoms with E-state index in [0.29, 0.717) is 11.5 Å². The lowest BCUT2D eigenvalue weighted by atomic mass is 9.77. The number of hydrogen-bond acceptors (Lipinski definition) is 0. The Kier molecular flexibility index (Phi) is 4.94. The first kappa shape index (κ1) is 17.8. The summed E-state index contributed by atoms with van der Waals surface area (Å²) in [5.74, 6) is -7.14. The van der Waals surface area contributed by atoms with Gasteiger partial charge in [0, 0.05) is 12.8 Å². The van der Waals surface area contributed by atoms with Crippen LogP contribution in [0.5, 0.6) is 0 Å². The largest absolute Gasteiger partial charge is 0.310 e. The molecule has 0 aromatic heterocycles. The number of alkyl halides is 4. The van der Waals surface area contributed by atoms with Crippen LogP contribution in [0.3, 0.4) is 0 Å². The molecule has 134 valence electrons. The topological polar surface area (TPSA) is 0 Å². The minimum atomic E-state index is -3.88. The van der Waals surface area contributed by atoms with E-state index in [1.54, 1.807) is 12.1 Å². The number of hydrogen-bond donors (Lipinski definition) is 0. The van der Waals surface area contributed by atoms with Crippen LogP contribution in [0, 0.1) is 5.92 Å². The van der Waals surface area contributed by atoms with Crippen LogP contribution in [0.2, 0.25) is 0 Å². The summed E-state index contributed by atoms with van der Waals surface area (Å²) in [6, 6.07) is 7.51. The first-order chi connectivity index (χ1) is 11.3. The van der Waals surface area contributed by atoms with Crippen molar-refractivity contribution < 1.29 is 17.6 Å². The molecular weight excluding hydrogens is 316 g/mol. The van der Waals surface area contributed by atoms with Crippen LogP contribution in [0.4, 0.5) is 17.6 Å². The van der Waals surface area contributed by atoms with Crippen molar-refractivity contribution in [3.05, 3.63) is 35.4 Å². The highest BCUT2D eigenvalue weighted by Crippen LogP contribution is 2.53. The van der Waals surface area contributed by atoms with Gasteiger partial charge in [-0.25, -0.2) is 0 Å². The van der Waals surface area contributed by atoms with Gasteiger partial charge in [-0.15, -0.1) is 0 Å². The predicted octanol–water partition coefficient (Wildman–Crippen LogP) is 6.91. The van der Waals surface area contributed by atoms with Gasteiger partial charge in [-0.05, 0) is 54.6 Å². The van der Waals surface area contributed by atoms with E-state index in [-0.39, 0.29) is 0 Å². The third-order valence-corrected chi connectivity index (χ3v) is 5.96. The fourth-order valence-electron chi connectivity index (χ4n) is 4.46. The maximum atomic E-state index is 13.4. The minimum Gasteiger partial charge on any atom is -0.200 e. The van der Waals surface area contributed by atoms with Crippen LogP contribution in [0.15, 0.2) is 24.3 Å². The van der Waals surface area contributed by atoms with Crippen molar-refractivity contribution in [2.24, 2.45) is 5.92 Å². The van der Waals surface area contributed by atoms with Crippen molar-refractivity contribution in [3.63, 3.8) is 0 Å². The lowest BCUT2D eigenvalue weighted by molar-refractivity contribution is -0.185. The molecule has 2 fully saturated rings. The van der Waals surface area contributed by atoms with E-state index >= 15 is 0 Å². The van der Waals surface area contributed by atoms with E-state index in [1.807, 2.05) is 12.1 Å². The van der Waals surface area contributed by atoms with Crippen molar-refractivity contribution in [3.8, 4) is 0 Å². The second-order valence-electron chi connectivity index (χ2n) is 7.69. The van der Waals surface area contributed by atoms with E-state index in [4.69, 9.17) is 0 Å². The Hall–Kier alpha value is -1.06. The molecule has 2 saturated carbocycles. The zero-order valence-corrected chi connectivity index (χ0v) is 14.2. The second kappa shape index (κ2) is 6.68. The molecule has 1 aromatic carbocycles. The maximum absolute atomic E-state index is 13.4. The average Bonchev–Trinajstić information content (AvgIpc) is 2.77. The summed E-state index contributed by atoms with van der Waals surface area (Å²) in [6.07, 6.45) is 5.88. The molecule has 0 radical (unpaired) electrons. The van der Waals surface area contributed by atoms with Gasteiger partial charge in [0.25, 0.3) is 0 Å². The van der Waals surface area contributed by atoms with Crippen molar-refractivity contribution in [1.82, 2.24) is 0 Å². The normalized spacial score (nSPS) is 29.7. The minimum absolute atomic E-state index is 0.526. The van der Waals surface area contributed by atoms with E-state index in [9.17, 15) is 17.6 Å². The summed E-state index contributed by atoms with van der Waals surface area (Å²) in [5.41, 5.74) is 1.85. The lowest BCUT2D eigenvalue weighted by Crippen LogP contribution is -2.33. The maximum Gasteiger partial charge on any atom is 0.310 e. The summed E-state index contributed by atoms with van der Waals surface area (Å²) in [6.45, 7) is 2.22. The summed E-state index contributed by atoms with van der Waals surface area (Å²) in [5, 5.41) is 0. The Bertz CT molecular complexity index is 525. The van der Waals surface area contributed by atoms with Crippen LogP contribution >= 0.6 is 0 Å². The van der Waals surface area contributed by atoms with Gasteiger partial charge < -0.3 is 0 Å². The zero-order valence-electron chi connectivity index (χ0n) is 14.2.